The summed E-state index contributed by atoms with van der Waals surface area (Å²) in [7, 11) is 0. The van der Waals surface area contributed by atoms with Gasteiger partial charge in [0.2, 0.25) is 23.6 Å². The van der Waals surface area contributed by atoms with Gasteiger partial charge in [0.05, 0.1) is 0 Å². The van der Waals surface area contributed by atoms with Crippen molar-refractivity contribution in [3.8, 4) is 0 Å². The predicted octanol–water partition coefficient (Wildman–Crippen LogP) is 8.27. The number of hydroxylamine groups is 2. The van der Waals surface area contributed by atoms with Gasteiger partial charge in [-0.05, 0) is 140 Å². The molecule has 0 saturated heterocycles. The lowest BCUT2D eigenvalue weighted by Crippen LogP contribution is -2.60. The zero-order chi connectivity index (χ0) is 50.2. The largest absolute Gasteiger partial charge is 0.480 e. The quantitative estimate of drug-likeness (QED) is 0.0532. The van der Waals surface area contributed by atoms with Gasteiger partial charge in [0.15, 0.2) is 6.04 Å². The minimum absolute atomic E-state index is 0.0177. The molecule has 6 N–H and O–H groups in total. The minimum Gasteiger partial charge on any atom is -0.480 e. The summed E-state index contributed by atoms with van der Waals surface area (Å²) in [6, 6.07) is 11.5. The molecule has 4 unspecified atom stereocenters. The van der Waals surface area contributed by atoms with Crippen LogP contribution in [-0.4, -0.2) is 81.1 Å². The molecule has 2 aromatic carbocycles. The van der Waals surface area contributed by atoms with Gasteiger partial charge >= 0.3 is 5.97 Å². The van der Waals surface area contributed by atoms with Crippen LogP contribution in [0.4, 0.5) is 0 Å². The van der Waals surface area contributed by atoms with Gasteiger partial charge in [-0.3, -0.25) is 29.2 Å². The second-order valence-electron chi connectivity index (χ2n) is 22.8. The fraction of sp³-hybridized carbons (Fsp3) is 0.679. The summed E-state index contributed by atoms with van der Waals surface area (Å²) in [5.41, 5.74) is 2.15. The van der Waals surface area contributed by atoms with Crippen molar-refractivity contribution < 1.29 is 39.1 Å². The topological polar surface area (TPSA) is 194 Å². The summed E-state index contributed by atoms with van der Waals surface area (Å²) >= 11 is 0. The molecule has 69 heavy (non-hydrogen) atoms. The third-order valence-corrected chi connectivity index (χ3v) is 17.5. The molecule has 2 aromatic rings. The molecule has 0 spiro atoms. The summed E-state index contributed by atoms with van der Waals surface area (Å²) < 4.78 is 0. The van der Waals surface area contributed by atoms with E-state index in [0.29, 0.717) is 46.6 Å². The van der Waals surface area contributed by atoms with E-state index in [0.717, 1.165) is 37.0 Å². The van der Waals surface area contributed by atoms with Crippen LogP contribution in [0.3, 0.4) is 0 Å². The van der Waals surface area contributed by atoms with E-state index in [9.17, 15) is 39.1 Å². The Morgan fingerprint density at radius 1 is 0.652 bits per heavy atom. The third-order valence-electron chi connectivity index (χ3n) is 17.5. The Bertz CT molecular complexity index is 2080. The number of nitrogens with one attached hydrogen (secondary N) is 4. The summed E-state index contributed by atoms with van der Waals surface area (Å²) in [6.07, 6.45) is 14.9. The molecule has 0 radical (unpaired) electrons. The normalized spacial score (nSPS) is 27.8. The maximum atomic E-state index is 14.3. The predicted molar refractivity (Wildman–Crippen MR) is 266 cm³/mol. The molecule has 4 aliphatic carbocycles. The van der Waals surface area contributed by atoms with Crippen molar-refractivity contribution in [3.63, 3.8) is 0 Å². The number of carboxylic acid groups (broad SMARTS) is 1. The van der Waals surface area contributed by atoms with E-state index >= 15 is 0 Å². The first kappa shape index (κ1) is 53.6. The summed E-state index contributed by atoms with van der Waals surface area (Å²) in [5, 5.41) is 31.7. The second-order valence-corrected chi connectivity index (χ2v) is 22.8. The van der Waals surface area contributed by atoms with Crippen LogP contribution in [0.1, 0.15) is 150 Å². The van der Waals surface area contributed by atoms with Gasteiger partial charge in [-0.1, -0.05) is 122 Å². The van der Waals surface area contributed by atoms with Gasteiger partial charge in [-0.25, -0.2) is 9.86 Å². The Kier molecular flexibility index (Phi) is 18.2. The maximum absolute atomic E-state index is 14.3. The average molecular weight is 954 g/mol. The Labute approximate surface area is 411 Å². The van der Waals surface area contributed by atoms with Gasteiger partial charge < -0.3 is 26.4 Å². The van der Waals surface area contributed by atoms with Crippen LogP contribution in [0.5, 0.6) is 0 Å². The first-order chi connectivity index (χ1) is 32.7. The number of aliphatic carboxylic acids is 1. The standard InChI is InChI=1S/C56H83N5O8/c1-34(2)31-45(57-48(62)27-22-36(5)42-25-26-43-41-24-23-40-21-15-16-29-55(40,7)44(41)28-30-56(42,43)8)51(64)60-49(35(3)4)52(65)58-46(32-38-17-11-9-12-18-38)50(63)59-47(33-39-19-13-10-14-20-39)53(66)61(69)37(6)54(67)68/h9-14,17-20,34-37,40-47,49,69H,15-16,21-33H2,1-8H3,(H,57,62)(H,58,65)(H,59,63)(H,60,64)(H,67,68)/t36-,37+,40?,41?,42-,43?,44?,45+,46+,47+,49+,55+,56-/m1/s1. The highest BCUT2D eigenvalue weighted by Crippen LogP contribution is 2.68. The summed E-state index contributed by atoms with van der Waals surface area (Å²) in [4.78, 5) is 81.8. The summed E-state index contributed by atoms with van der Waals surface area (Å²) in [5.74, 6) is -0.615. The fourth-order valence-corrected chi connectivity index (χ4v) is 13.7. The van der Waals surface area contributed by atoms with Gasteiger partial charge in [-0.2, -0.15) is 0 Å². The van der Waals surface area contributed by atoms with Crippen LogP contribution in [0.15, 0.2) is 60.7 Å². The molecule has 4 saturated carbocycles. The number of fused-ring (bicyclic) bond motifs is 5. The lowest BCUT2D eigenvalue weighted by Gasteiger charge is -2.61. The zero-order valence-corrected chi connectivity index (χ0v) is 42.7. The average Bonchev–Trinajstić information content (AvgIpc) is 3.68. The van der Waals surface area contributed by atoms with E-state index in [4.69, 9.17) is 0 Å². The van der Waals surface area contributed by atoms with E-state index in [1.807, 2.05) is 19.9 Å². The molecular formula is C56H83N5O8. The highest BCUT2D eigenvalue weighted by molar-refractivity contribution is 5.96. The molecule has 380 valence electrons. The number of carbonyl (C=O) groups excluding carboxylic acids is 5. The number of nitrogens with zero attached hydrogens (tertiary/aromatic N) is 1. The lowest BCUT2D eigenvalue weighted by molar-refractivity contribution is -0.186. The SMILES string of the molecule is CC(C)C[C@H](NC(=O)CC[C@@H](C)[C@H]1CCC2C3CCC4CCCC[C@]4(C)C3CC[C@@]21C)C(=O)N[C@H](C(=O)N[C@@H](Cc1ccccc1)C(=O)N[C@@H](Cc1ccccc1)C(=O)N(O)[C@@H](C)C(=O)O)C(C)C. The van der Waals surface area contributed by atoms with Gasteiger partial charge in [0, 0.05) is 19.3 Å². The molecule has 5 amide bonds. The molecule has 6 rings (SSSR count). The van der Waals surface area contributed by atoms with Crippen molar-refractivity contribution in [3.05, 3.63) is 71.8 Å². The Hall–Kier alpha value is -4.78. The lowest BCUT2D eigenvalue weighted by atomic mass is 9.44. The van der Waals surface area contributed by atoms with Crippen molar-refractivity contribution in [1.82, 2.24) is 26.3 Å². The number of hydrogen-bond donors (Lipinski definition) is 6. The number of carboxylic acids is 1. The smallest absolute Gasteiger partial charge is 0.328 e. The van der Waals surface area contributed by atoms with Crippen LogP contribution in [0.25, 0.3) is 0 Å². The first-order valence-electron chi connectivity index (χ1n) is 26.3. The summed E-state index contributed by atoms with van der Waals surface area (Å²) in [6.45, 7) is 16.2. The molecule has 13 atom stereocenters. The number of amides is 5. The van der Waals surface area contributed by atoms with Gasteiger partial charge in [0.25, 0.3) is 5.91 Å². The van der Waals surface area contributed by atoms with E-state index in [1.54, 1.807) is 68.4 Å². The first-order valence-corrected chi connectivity index (χ1v) is 26.3. The Morgan fingerprint density at radius 2 is 1.25 bits per heavy atom. The van der Waals surface area contributed by atoms with Crippen molar-refractivity contribution in [2.75, 3.05) is 0 Å². The number of carbonyl (C=O) groups is 6. The van der Waals surface area contributed by atoms with Crippen LogP contribution < -0.4 is 21.3 Å². The molecule has 4 aliphatic rings. The monoisotopic (exact) mass is 954 g/mol. The fourth-order valence-electron chi connectivity index (χ4n) is 13.7. The van der Waals surface area contributed by atoms with E-state index < -0.39 is 65.7 Å². The molecule has 0 bridgehead atoms. The van der Waals surface area contributed by atoms with Gasteiger partial charge in [0.1, 0.15) is 24.2 Å². The van der Waals surface area contributed by atoms with E-state index in [1.165, 1.54) is 64.2 Å². The van der Waals surface area contributed by atoms with Crippen molar-refractivity contribution in [1.29, 1.82) is 0 Å². The Balaban J connectivity index is 1.10. The van der Waals surface area contributed by atoms with Crippen LogP contribution in [0, 0.1) is 58.2 Å². The molecular weight excluding hydrogens is 871 g/mol. The highest BCUT2D eigenvalue weighted by Gasteiger charge is 2.60. The molecule has 0 aromatic heterocycles. The van der Waals surface area contributed by atoms with E-state index in [-0.39, 0.29) is 29.7 Å². The third kappa shape index (κ3) is 12.8. The molecule has 13 nitrogen and oxygen atoms in total. The van der Waals surface area contributed by atoms with Crippen LogP contribution in [-0.2, 0) is 41.6 Å². The molecule has 13 heteroatoms. The molecule has 4 fully saturated rings. The number of benzene rings is 2. The maximum Gasteiger partial charge on any atom is 0.328 e. The zero-order valence-electron chi connectivity index (χ0n) is 42.7. The van der Waals surface area contributed by atoms with Crippen LogP contribution in [0.2, 0.25) is 0 Å². The molecule has 0 aliphatic heterocycles. The molecule has 0 heterocycles. The van der Waals surface area contributed by atoms with Crippen molar-refractivity contribution in [2.24, 2.45) is 58.2 Å². The van der Waals surface area contributed by atoms with E-state index in [2.05, 4.69) is 42.0 Å². The number of rotatable bonds is 21. The minimum atomic E-state index is -1.60. The van der Waals surface area contributed by atoms with Crippen LogP contribution >= 0.6 is 0 Å². The Morgan fingerprint density at radius 3 is 1.86 bits per heavy atom. The van der Waals surface area contributed by atoms with Crippen molar-refractivity contribution >= 4 is 35.5 Å². The number of hydrogen-bond acceptors (Lipinski definition) is 7. The van der Waals surface area contributed by atoms with Gasteiger partial charge in [-0.15, -0.1) is 0 Å². The van der Waals surface area contributed by atoms with Crippen molar-refractivity contribution in [2.45, 2.75) is 182 Å². The highest BCUT2D eigenvalue weighted by atomic mass is 16.5. The second kappa shape index (κ2) is 23.4.